The predicted octanol–water partition coefficient (Wildman–Crippen LogP) is 4.85. The van der Waals surface area contributed by atoms with Gasteiger partial charge in [0.1, 0.15) is 0 Å². The Kier molecular flexibility index (Phi) is 15.2. The fourth-order valence-electron chi connectivity index (χ4n) is 3.14. The molecule has 0 bridgehead atoms. The monoisotopic (exact) mass is 417 g/mol. The highest BCUT2D eigenvalue weighted by atomic mass is 16.3. The lowest BCUT2D eigenvalue weighted by Gasteiger charge is -2.07. The fourth-order valence-corrected chi connectivity index (χ4v) is 3.14. The molecule has 6 heteroatoms. The standard InChI is InChI=1S/C24H39N3O3/c1-2-3-4-11-14-22(28)15-12-9-7-5-6-8-10-13-16-23(29)26-27-24(30)21-17-19-25-20-18-21/h9,12,17-20,22,28H,2-8,10-11,13-16H2,1H3,(H,26,29)(H,27,30)/b12-9-/t22-/m1/s1. The molecule has 30 heavy (non-hydrogen) atoms. The topological polar surface area (TPSA) is 91.3 Å². The van der Waals surface area contributed by atoms with Gasteiger partial charge in [-0.3, -0.25) is 25.4 Å². The lowest BCUT2D eigenvalue weighted by molar-refractivity contribution is -0.122. The lowest BCUT2D eigenvalue weighted by atomic mass is 10.1. The maximum absolute atomic E-state index is 11.8. The molecule has 0 aliphatic rings. The molecule has 2 amide bonds. The molecule has 0 spiro atoms. The third kappa shape index (κ3) is 13.9. The van der Waals surface area contributed by atoms with Crippen molar-refractivity contribution in [2.24, 2.45) is 0 Å². The van der Waals surface area contributed by atoms with Gasteiger partial charge < -0.3 is 5.11 Å². The molecule has 0 saturated carbocycles. The van der Waals surface area contributed by atoms with E-state index in [4.69, 9.17) is 0 Å². The first-order valence-corrected chi connectivity index (χ1v) is 11.5. The van der Waals surface area contributed by atoms with Crippen molar-refractivity contribution < 1.29 is 14.7 Å². The average Bonchev–Trinajstić information content (AvgIpc) is 2.77. The van der Waals surface area contributed by atoms with Gasteiger partial charge in [0.15, 0.2) is 0 Å². The van der Waals surface area contributed by atoms with Crippen molar-refractivity contribution in [3.8, 4) is 0 Å². The Morgan fingerprint density at radius 1 is 0.967 bits per heavy atom. The summed E-state index contributed by atoms with van der Waals surface area (Å²) in [5.74, 6) is -0.517. The summed E-state index contributed by atoms with van der Waals surface area (Å²) >= 11 is 0. The molecule has 0 aromatic carbocycles. The second kappa shape index (κ2) is 17.6. The van der Waals surface area contributed by atoms with E-state index in [1.165, 1.54) is 31.7 Å². The molecule has 0 saturated heterocycles. The van der Waals surface area contributed by atoms with E-state index in [1.807, 2.05) is 0 Å². The number of aromatic nitrogens is 1. The highest BCUT2D eigenvalue weighted by Crippen LogP contribution is 2.10. The number of nitrogens with zero attached hydrogens (tertiary/aromatic N) is 1. The van der Waals surface area contributed by atoms with E-state index in [-0.39, 0.29) is 17.9 Å². The van der Waals surface area contributed by atoms with E-state index in [0.29, 0.717) is 12.0 Å². The van der Waals surface area contributed by atoms with Gasteiger partial charge in [0.05, 0.1) is 6.10 Å². The lowest BCUT2D eigenvalue weighted by Crippen LogP contribution is -2.41. The van der Waals surface area contributed by atoms with Crippen LogP contribution in [0.1, 0.15) is 101 Å². The predicted molar refractivity (Wildman–Crippen MR) is 121 cm³/mol. The Labute approximate surface area is 181 Å². The van der Waals surface area contributed by atoms with Crippen LogP contribution < -0.4 is 10.9 Å². The number of hydrogen-bond acceptors (Lipinski definition) is 4. The molecule has 6 nitrogen and oxygen atoms in total. The molecule has 0 aliphatic heterocycles. The van der Waals surface area contributed by atoms with Crippen LogP contribution in [0.15, 0.2) is 36.7 Å². The first-order valence-electron chi connectivity index (χ1n) is 11.5. The first kappa shape index (κ1) is 25.8. The molecule has 1 aromatic rings. The van der Waals surface area contributed by atoms with Crippen LogP contribution in [0.4, 0.5) is 0 Å². The Bertz CT molecular complexity index is 605. The third-order valence-corrected chi connectivity index (χ3v) is 5.00. The van der Waals surface area contributed by atoms with Crippen molar-refractivity contribution in [2.75, 3.05) is 0 Å². The number of allylic oxidation sites excluding steroid dienone is 1. The molecular weight excluding hydrogens is 378 g/mol. The highest BCUT2D eigenvalue weighted by molar-refractivity contribution is 5.95. The van der Waals surface area contributed by atoms with Crippen LogP contribution in [0.2, 0.25) is 0 Å². The largest absolute Gasteiger partial charge is 0.393 e. The second-order valence-corrected chi connectivity index (χ2v) is 7.75. The molecule has 1 rings (SSSR count). The van der Waals surface area contributed by atoms with E-state index in [0.717, 1.165) is 57.8 Å². The molecule has 3 N–H and O–H groups in total. The fraction of sp³-hybridized carbons (Fsp3) is 0.625. The number of hydrazine groups is 1. The van der Waals surface area contributed by atoms with Gasteiger partial charge in [-0.15, -0.1) is 0 Å². The molecule has 0 unspecified atom stereocenters. The number of carbonyl (C=O) groups excluding carboxylic acids is 2. The number of hydrogen-bond donors (Lipinski definition) is 3. The zero-order chi connectivity index (χ0) is 21.9. The van der Waals surface area contributed by atoms with Crippen molar-refractivity contribution in [2.45, 2.75) is 96.5 Å². The van der Waals surface area contributed by atoms with E-state index >= 15 is 0 Å². The number of aliphatic hydroxyl groups excluding tert-OH is 1. The highest BCUT2D eigenvalue weighted by Gasteiger charge is 2.06. The van der Waals surface area contributed by atoms with Crippen LogP contribution in [-0.4, -0.2) is 28.0 Å². The second-order valence-electron chi connectivity index (χ2n) is 7.75. The Balaban J connectivity index is 1.92. The zero-order valence-corrected chi connectivity index (χ0v) is 18.4. The number of pyridine rings is 1. The molecule has 0 fully saturated rings. The van der Waals surface area contributed by atoms with Gasteiger partial charge in [-0.25, -0.2) is 0 Å². The van der Waals surface area contributed by atoms with Crippen LogP contribution >= 0.6 is 0 Å². The van der Waals surface area contributed by atoms with Gasteiger partial charge >= 0.3 is 0 Å². The zero-order valence-electron chi connectivity index (χ0n) is 18.4. The van der Waals surface area contributed by atoms with Gasteiger partial charge in [-0.05, 0) is 44.2 Å². The smallest absolute Gasteiger partial charge is 0.269 e. The van der Waals surface area contributed by atoms with Crippen LogP contribution in [0.25, 0.3) is 0 Å². The summed E-state index contributed by atoms with van der Waals surface area (Å²) in [6.07, 6.45) is 20.3. The number of carbonyl (C=O) groups is 2. The Morgan fingerprint density at radius 2 is 1.67 bits per heavy atom. The Morgan fingerprint density at radius 3 is 2.43 bits per heavy atom. The normalized spacial score (nSPS) is 12.1. The summed E-state index contributed by atoms with van der Waals surface area (Å²) in [5.41, 5.74) is 5.32. The minimum atomic E-state index is -0.345. The minimum absolute atomic E-state index is 0.173. The van der Waals surface area contributed by atoms with Gasteiger partial charge in [0, 0.05) is 24.4 Å². The number of unbranched alkanes of at least 4 members (excludes halogenated alkanes) is 8. The van der Waals surface area contributed by atoms with Crippen molar-refractivity contribution in [1.29, 1.82) is 0 Å². The summed E-state index contributed by atoms with van der Waals surface area (Å²) in [6.45, 7) is 2.20. The minimum Gasteiger partial charge on any atom is -0.393 e. The molecule has 168 valence electrons. The number of aliphatic hydroxyl groups is 1. The number of nitrogens with one attached hydrogen (secondary N) is 2. The summed E-state index contributed by atoms with van der Waals surface area (Å²) in [5, 5.41) is 9.91. The first-order chi connectivity index (χ1) is 14.6. The summed E-state index contributed by atoms with van der Waals surface area (Å²) in [6, 6.07) is 3.18. The average molecular weight is 418 g/mol. The van der Waals surface area contributed by atoms with Crippen molar-refractivity contribution >= 4 is 11.8 Å². The third-order valence-electron chi connectivity index (χ3n) is 5.00. The van der Waals surface area contributed by atoms with Gasteiger partial charge in [-0.1, -0.05) is 64.0 Å². The molecule has 1 aromatic heterocycles. The Hall–Kier alpha value is -2.21. The van der Waals surface area contributed by atoms with Gasteiger partial charge in [0.25, 0.3) is 5.91 Å². The van der Waals surface area contributed by atoms with Gasteiger partial charge in [-0.2, -0.15) is 0 Å². The molecule has 1 atom stereocenters. The summed E-state index contributed by atoms with van der Waals surface area (Å²) in [4.78, 5) is 27.4. The maximum Gasteiger partial charge on any atom is 0.269 e. The number of rotatable bonds is 16. The van der Waals surface area contributed by atoms with Crippen LogP contribution in [-0.2, 0) is 4.79 Å². The quantitative estimate of drug-likeness (QED) is 0.204. The van der Waals surface area contributed by atoms with Crippen LogP contribution in [0.5, 0.6) is 0 Å². The molecule has 0 aliphatic carbocycles. The molecule has 1 heterocycles. The summed E-state index contributed by atoms with van der Waals surface area (Å²) < 4.78 is 0. The van der Waals surface area contributed by atoms with Gasteiger partial charge in [0.2, 0.25) is 5.91 Å². The van der Waals surface area contributed by atoms with Crippen molar-refractivity contribution in [1.82, 2.24) is 15.8 Å². The van der Waals surface area contributed by atoms with Crippen molar-refractivity contribution in [3.63, 3.8) is 0 Å². The van der Waals surface area contributed by atoms with Crippen LogP contribution in [0.3, 0.4) is 0 Å². The van der Waals surface area contributed by atoms with Crippen LogP contribution in [0, 0.1) is 0 Å². The van der Waals surface area contributed by atoms with E-state index in [2.05, 4.69) is 34.9 Å². The van der Waals surface area contributed by atoms with E-state index < -0.39 is 0 Å². The maximum atomic E-state index is 11.8. The van der Waals surface area contributed by atoms with Crippen molar-refractivity contribution in [3.05, 3.63) is 42.2 Å². The van der Waals surface area contributed by atoms with E-state index in [1.54, 1.807) is 12.1 Å². The SMILES string of the molecule is CCCCCC[C@@H](O)C/C=C\CCCCCCCC(=O)NNC(=O)c1ccncc1. The summed E-state index contributed by atoms with van der Waals surface area (Å²) in [7, 11) is 0. The van der Waals surface area contributed by atoms with E-state index in [9.17, 15) is 14.7 Å². The molecular formula is C24H39N3O3. The number of amides is 2. The molecule has 0 radical (unpaired) electrons.